The van der Waals surface area contributed by atoms with Gasteiger partial charge in [0, 0.05) is 10.1 Å². The molecular formula is C14H15NOS. The predicted molar refractivity (Wildman–Crippen MR) is 69.1 cm³/mol. The van der Waals surface area contributed by atoms with E-state index in [2.05, 4.69) is 30.1 Å². The van der Waals surface area contributed by atoms with Crippen molar-refractivity contribution in [2.24, 2.45) is 4.99 Å². The van der Waals surface area contributed by atoms with Crippen molar-refractivity contribution in [3.63, 3.8) is 0 Å². The van der Waals surface area contributed by atoms with E-state index in [1.54, 1.807) is 6.08 Å². The quantitative estimate of drug-likeness (QED) is 0.590. The lowest BCUT2D eigenvalue weighted by atomic mass is 9.72. The minimum absolute atomic E-state index is 0.243. The van der Waals surface area contributed by atoms with Gasteiger partial charge in [0.2, 0.25) is 6.08 Å². The van der Waals surface area contributed by atoms with E-state index < -0.39 is 0 Å². The Bertz CT molecular complexity index is 501. The Hall–Kier alpha value is -1.05. The summed E-state index contributed by atoms with van der Waals surface area (Å²) >= 11 is 1.94. The second-order valence-electron chi connectivity index (χ2n) is 5.04. The fraction of sp³-hybridized carbons (Fsp3) is 0.500. The smallest absolute Gasteiger partial charge is 0.211 e. The minimum Gasteiger partial charge on any atom is -0.211 e. The number of benzene rings is 1. The van der Waals surface area contributed by atoms with Gasteiger partial charge in [-0.2, -0.15) is 4.99 Å². The van der Waals surface area contributed by atoms with Crippen LogP contribution in [0.1, 0.15) is 37.3 Å². The molecule has 1 aromatic rings. The van der Waals surface area contributed by atoms with E-state index in [9.17, 15) is 4.79 Å². The molecule has 0 saturated heterocycles. The van der Waals surface area contributed by atoms with Gasteiger partial charge in [-0.15, -0.1) is 11.8 Å². The number of nitrogens with zero attached hydrogens (tertiary/aromatic N) is 1. The van der Waals surface area contributed by atoms with E-state index in [1.165, 1.54) is 16.0 Å². The Morgan fingerprint density at radius 3 is 2.94 bits per heavy atom. The highest BCUT2D eigenvalue weighted by atomic mass is 32.2. The van der Waals surface area contributed by atoms with Crippen LogP contribution >= 0.6 is 11.8 Å². The maximum absolute atomic E-state index is 10.6. The van der Waals surface area contributed by atoms with Crippen LogP contribution in [0.5, 0.6) is 0 Å². The first-order valence-electron chi connectivity index (χ1n) is 6.13. The zero-order valence-corrected chi connectivity index (χ0v) is 10.7. The fourth-order valence-corrected chi connectivity index (χ4v) is 3.91. The van der Waals surface area contributed by atoms with Gasteiger partial charge >= 0.3 is 0 Å². The Morgan fingerprint density at radius 2 is 2.29 bits per heavy atom. The minimum atomic E-state index is -0.243. The summed E-state index contributed by atoms with van der Waals surface area (Å²) in [7, 11) is 0. The fourth-order valence-electron chi connectivity index (χ4n) is 2.78. The van der Waals surface area contributed by atoms with Crippen LogP contribution in [0.15, 0.2) is 28.1 Å². The zero-order chi connectivity index (χ0) is 11.9. The molecule has 0 radical (unpaired) electrons. The highest BCUT2D eigenvalue weighted by molar-refractivity contribution is 8.00. The van der Waals surface area contributed by atoms with Crippen LogP contribution in [0.25, 0.3) is 0 Å². The Labute approximate surface area is 106 Å². The molecule has 0 spiro atoms. The van der Waals surface area contributed by atoms with Gasteiger partial charge in [0.1, 0.15) is 0 Å². The first-order valence-corrected chi connectivity index (χ1v) is 7.01. The molecule has 1 atom stereocenters. The summed E-state index contributed by atoms with van der Waals surface area (Å²) < 4.78 is 0. The molecule has 1 aliphatic carbocycles. The molecule has 0 bridgehead atoms. The number of isocyanates is 1. The molecule has 2 nitrogen and oxygen atoms in total. The van der Waals surface area contributed by atoms with Gasteiger partial charge in [-0.3, -0.25) is 0 Å². The van der Waals surface area contributed by atoms with Crippen molar-refractivity contribution in [2.45, 2.75) is 48.3 Å². The molecule has 3 heteroatoms. The van der Waals surface area contributed by atoms with Crippen molar-refractivity contribution >= 4 is 17.8 Å². The third kappa shape index (κ3) is 1.74. The van der Waals surface area contributed by atoms with Gasteiger partial charge in [0.25, 0.3) is 0 Å². The maximum atomic E-state index is 10.6. The normalized spacial score (nSPS) is 24.6. The second-order valence-corrected chi connectivity index (χ2v) is 6.52. The molecule has 1 aromatic carbocycles. The van der Waals surface area contributed by atoms with Crippen LogP contribution in [0.3, 0.4) is 0 Å². The van der Waals surface area contributed by atoms with Crippen LogP contribution < -0.4 is 0 Å². The number of carbonyl (C=O) groups excluding carboxylic acids is 1. The van der Waals surface area contributed by atoms with Crippen molar-refractivity contribution in [2.75, 3.05) is 0 Å². The molecule has 0 N–H and O–H groups in total. The number of hydrogen-bond donors (Lipinski definition) is 0. The summed E-state index contributed by atoms with van der Waals surface area (Å²) in [4.78, 5) is 16.0. The molecule has 88 valence electrons. The van der Waals surface area contributed by atoms with Gasteiger partial charge in [0.15, 0.2) is 0 Å². The number of thioether (sulfide) groups is 1. The molecular weight excluding hydrogens is 230 g/mol. The Balaban J connectivity index is 2.00. The summed E-state index contributed by atoms with van der Waals surface area (Å²) in [5.41, 5.74) is 2.39. The average Bonchev–Trinajstić information content (AvgIpc) is 2.62. The van der Waals surface area contributed by atoms with E-state index in [0.717, 1.165) is 25.7 Å². The number of fused-ring (bicyclic) bond motifs is 1. The van der Waals surface area contributed by atoms with Gasteiger partial charge in [0.05, 0.1) is 5.54 Å². The van der Waals surface area contributed by atoms with Crippen molar-refractivity contribution in [3.8, 4) is 0 Å². The van der Waals surface area contributed by atoms with Gasteiger partial charge in [-0.1, -0.05) is 19.1 Å². The van der Waals surface area contributed by atoms with E-state index in [-0.39, 0.29) is 5.54 Å². The summed E-state index contributed by atoms with van der Waals surface area (Å²) in [5.74, 6) is 0. The molecule has 0 amide bonds. The lowest BCUT2D eigenvalue weighted by Crippen LogP contribution is -2.31. The molecule has 1 unspecified atom stereocenters. The first-order chi connectivity index (χ1) is 8.23. The Morgan fingerprint density at radius 1 is 1.47 bits per heavy atom. The summed E-state index contributed by atoms with van der Waals surface area (Å²) in [6.45, 7) is 2.26. The molecule has 1 fully saturated rings. The standard InChI is InChI=1S/C14H15NOS/c1-10-7-11-8-12(3-4-13(11)17-10)14(15-9-16)5-2-6-14/h3-4,8,10H,2,5-7H2,1H3. The average molecular weight is 245 g/mol. The topological polar surface area (TPSA) is 29.4 Å². The van der Waals surface area contributed by atoms with Crippen LogP contribution in [-0.2, 0) is 16.8 Å². The largest absolute Gasteiger partial charge is 0.235 e. The summed E-state index contributed by atoms with van der Waals surface area (Å²) in [6, 6.07) is 6.59. The summed E-state index contributed by atoms with van der Waals surface area (Å²) in [6.07, 6.45) is 6.03. The van der Waals surface area contributed by atoms with E-state index in [4.69, 9.17) is 0 Å². The lowest BCUT2D eigenvalue weighted by molar-refractivity contribution is 0.255. The second kappa shape index (κ2) is 4.01. The monoisotopic (exact) mass is 245 g/mol. The van der Waals surface area contributed by atoms with Gasteiger partial charge in [-0.05, 0) is 42.9 Å². The van der Waals surface area contributed by atoms with Crippen molar-refractivity contribution in [1.82, 2.24) is 0 Å². The highest BCUT2D eigenvalue weighted by Gasteiger charge is 2.39. The number of hydrogen-bond acceptors (Lipinski definition) is 3. The van der Waals surface area contributed by atoms with E-state index >= 15 is 0 Å². The SMILES string of the molecule is CC1Cc2cc(C3(N=C=O)CCC3)ccc2S1. The lowest BCUT2D eigenvalue weighted by Gasteiger charge is -2.37. The molecule has 17 heavy (non-hydrogen) atoms. The van der Waals surface area contributed by atoms with Crippen molar-refractivity contribution in [3.05, 3.63) is 29.3 Å². The van der Waals surface area contributed by atoms with E-state index in [1.807, 2.05) is 11.8 Å². The van der Waals surface area contributed by atoms with Crippen molar-refractivity contribution < 1.29 is 4.79 Å². The molecule has 1 saturated carbocycles. The van der Waals surface area contributed by atoms with Crippen LogP contribution in [0.2, 0.25) is 0 Å². The predicted octanol–water partition coefficient (Wildman–Crippen LogP) is 3.44. The van der Waals surface area contributed by atoms with Crippen molar-refractivity contribution in [1.29, 1.82) is 0 Å². The number of rotatable bonds is 2. The van der Waals surface area contributed by atoms with Gasteiger partial charge in [-0.25, -0.2) is 4.79 Å². The number of aliphatic imine (C=N–C) groups is 1. The first kappa shape index (κ1) is 11.1. The summed E-state index contributed by atoms with van der Waals surface area (Å²) in [5, 5.41) is 0.673. The molecule has 1 aliphatic heterocycles. The van der Waals surface area contributed by atoms with Crippen LogP contribution in [-0.4, -0.2) is 11.3 Å². The maximum Gasteiger partial charge on any atom is 0.235 e. The molecule has 3 rings (SSSR count). The van der Waals surface area contributed by atoms with Gasteiger partial charge < -0.3 is 0 Å². The molecule has 2 aliphatic rings. The van der Waals surface area contributed by atoms with E-state index in [0.29, 0.717) is 5.25 Å². The van der Waals surface area contributed by atoms with Crippen LogP contribution in [0.4, 0.5) is 0 Å². The molecule has 0 aromatic heterocycles. The zero-order valence-electron chi connectivity index (χ0n) is 9.90. The highest BCUT2D eigenvalue weighted by Crippen LogP contribution is 2.47. The third-order valence-electron chi connectivity index (χ3n) is 3.87. The Kier molecular flexibility index (Phi) is 2.61. The van der Waals surface area contributed by atoms with Crippen LogP contribution in [0, 0.1) is 0 Å². The third-order valence-corrected chi connectivity index (χ3v) is 5.09. The molecule has 1 heterocycles.